The highest BCUT2D eigenvalue weighted by Crippen LogP contribution is 2.33. The van der Waals surface area contributed by atoms with E-state index in [1.54, 1.807) is 5.01 Å². The van der Waals surface area contributed by atoms with Crippen molar-refractivity contribution in [1.29, 1.82) is 5.26 Å². The van der Waals surface area contributed by atoms with Crippen LogP contribution in [0.4, 0.5) is 0 Å². The van der Waals surface area contributed by atoms with E-state index in [1.165, 1.54) is 0 Å². The molecule has 0 amide bonds. The fourth-order valence-corrected chi connectivity index (χ4v) is 5.01. The van der Waals surface area contributed by atoms with Gasteiger partial charge in [0, 0.05) is 47.8 Å². The number of hydrazine groups is 1. The van der Waals surface area contributed by atoms with Crippen molar-refractivity contribution >= 4 is 11.8 Å². The summed E-state index contributed by atoms with van der Waals surface area (Å²) in [5.74, 6) is 1.91. The number of nitrogens with zero attached hydrogens (tertiary/aromatic N) is 6. The van der Waals surface area contributed by atoms with Gasteiger partial charge in [0.05, 0.1) is 11.1 Å². The Labute approximate surface area is 228 Å². The number of hydrogen-bond acceptors (Lipinski definition) is 8. The molecule has 4 rings (SSSR count). The fourth-order valence-electron chi connectivity index (χ4n) is 5.01. The molecule has 0 saturated heterocycles. The Balaban J connectivity index is 1.55. The topological polar surface area (TPSA) is 76.7 Å². The van der Waals surface area contributed by atoms with E-state index in [0.29, 0.717) is 25.8 Å². The number of allylic oxidation sites excluding steroid dienone is 2. The Morgan fingerprint density at radius 1 is 0.895 bits per heavy atom. The second-order valence-corrected chi connectivity index (χ2v) is 11.9. The Kier molecular flexibility index (Phi) is 8.54. The van der Waals surface area contributed by atoms with Crippen LogP contribution in [0, 0.1) is 23.3 Å². The number of rotatable bonds is 11. The van der Waals surface area contributed by atoms with Crippen LogP contribution in [0.5, 0.6) is 0 Å². The number of hydrogen-bond donors (Lipinski definition) is 0. The standard InChI is InChI=1S/C30H44N6O2/c1-7-9-11-23-13-15-34(17-25(23)27-32-29(3,4)19-37-27)22-36(21-31)35-16-14-24(12-10-8-2)26(18-35)28-33-30(5,6)20-38-28/h13-18,23-24H,7-12,19-20,22H2,1-6H3. The van der Waals surface area contributed by atoms with Crippen molar-refractivity contribution in [2.75, 3.05) is 19.9 Å². The first-order chi connectivity index (χ1) is 18.1. The molecule has 8 heteroatoms. The number of unbranched alkanes of at least 4 members (excludes halogenated alkanes) is 2. The second kappa shape index (κ2) is 11.7. The summed E-state index contributed by atoms with van der Waals surface area (Å²) in [5, 5.41) is 13.6. The quantitative estimate of drug-likeness (QED) is 0.242. The van der Waals surface area contributed by atoms with Crippen LogP contribution in [0.2, 0.25) is 0 Å². The summed E-state index contributed by atoms with van der Waals surface area (Å²) in [4.78, 5) is 11.7. The van der Waals surface area contributed by atoms with Crippen LogP contribution in [0.15, 0.2) is 58.1 Å². The van der Waals surface area contributed by atoms with Crippen molar-refractivity contribution < 1.29 is 9.47 Å². The van der Waals surface area contributed by atoms with Crippen molar-refractivity contribution in [3.05, 3.63) is 48.1 Å². The van der Waals surface area contributed by atoms with Crippen molar-refractivity contribution in [2.45, 2.75) is 91.1 Å². The molecule has 2 unspecified atom stereocenters. The third kappa shape index (κ3) is 6.61. The predicted molar refractivity (Wildman–Crippen MR) is 151 cm³/mol. The summed E-state index contributed by atoms with van der Waals surface area (Å²) in [5.41, 5.74) is 1.67. The Morgan fingerprint density at radius 3 is 1.89 bits per heavy atom. The van der Waals surface area contributed by atoms with Gasteiger partial charge in [0.15, 0.2) is 0 Å². The highest BCUT2D eigenvalue weighted by molar-refractivity contribution is 5.96. The molecule has 4 heterocycles. The van der Waals surface area contributed by atoms with Crippen molar-refractivity contribution in [2.24, 2.45) is 21.8 Å². The SMILES string of the molecule is CCCCC1C=CN(CN(C#N)N2C=CC(CCCC)C(C3=NC(C)(C)CO3)=C2)C=C1C1=NC(C)(C)CO1. The maximum Gasteiger partial charge on any atom is 0.214 e. The van der Waals surface area contributed by atoms with Crippen LogP contribution in [-0.2, 0) is 9.47 Å². The summed E-state index contributed by atoms with van der Waals surface area (Å²) in [6, 6.07) is 0. The van der Waals surface area contributed by atoms with E-state index in [4.69, 9.17) is 19.5 Å². The third-order valence-electron chi connectivity index (χ3n) is 7.21. The molecule has 0 radical (unpaired) electrons. The lowest BCUT2D eigenvalue weighted by Crippen LogP contribution is -2.40. The highest BCUT2D eigenvalue weighted by atomic mass is 16.5. The molecule has 4 aliphatic heterocycles. The van der Waals surface area contributed by atoms with Gasteiger partial charge in [0.1, 0.15) is 19.9 Å². The molecule has 0 bridgehead atoms. The monoisotopic (exact) mass is 520 g/mol. The maximum atomic E-state index is 10.2. The molecular formula is C30H44N6O2. The molecule has 0 fully saturated rings. The third-order valence-corrected chi connectivity index (χ3v) is 7.21. The molecule has 8 nitrogen and oxygen atoms in total. The van der Waals surface area contributed by atoms with Crippen molar-refractivity contribution in [1.82, 2.24) is 14.9 Å². The van der Waals surface area contributed by atoms with Gasteiger partial charge in [-0.3, -0.25) is 5.01 Å². The molecular weight excluding hydrogens is 476 g/mol. The lowest BCUT2D eigenvalue weighted by Gasteiger charge is -2.35. The zero-order chi connectivity index (χ0) is 27.3. The van der Waals surface area contributed by atoms with Crippen LogP contribution >= 0.6 is 0 Å². The van der Waals surface area contributed by atoms with Gasteiger partial charge in [-0.1, -0.05) is 51.7 Å². The predicted octanol–water partition coefficient (Wildman–Crippen LogP) is 6.10. The molecule has 0 aliphatic carbocycles. The summed E-state index contributed by atoms with van der Waals surface area (Å²) < 4.78 is 12.1. The lowest BCUT2D eigenvalue weighted by molar-refractivity contribution is 0.0966. The Morgan fingerprint density at radius 2 is 1.42 bits per heavy atom. The van der Waals surface area contributed by atoms with E-state index in [0.717, 1.165) is 55.6 Å². The molecule has 0 N–H and O–H groups in total. The fraction of sp³-hybridized carbons (Fsp3) is 0.633. The van der Waals surface area contributed by atoms with Crippen molar-refractivity contribution in [3.8, 4) is 6.19 Å². The number of nitriles is 1. The minimum Gasteiger partial charge on any atom is -0.475 e. The van der Waals surface area contributed by atoms with Crippen LogP contribution < -0.4 is 0 Å². The van der Waals surface area contributed by atoms with Gasteiger partial charge in [0.25, 0.3) is 0 Å². The van der Waals surface area contributed by atoms with Gasteiger partial charge in [-0.2, -0.15) is 10.3 Å². The minimum atomic E-state index is -0.236. The number of aliphatic imine (C=N–C) groups is 2. The number of ether oxygens (including phenoxy) is 2. The first-order valence-corrected chi connectivity index (χ1v) is 14.1. The average Bonchev–Trinajstić information content (AvgIpc) is 3.45. The molecule has 0 aromatic heterocycles. The summed E-state index contributed by atoms with van der Waals surface area (Å²) in [7, 11) is 0. The molecule has 2 atom stereocenters. The second-order valence-electron chi connectivity index (χ2n) is 11.9. The first kappa shape index (κ1) is 27.8. The molecule has 38 heavy (non-hydrogen) atoms. The normalized spacial score (nSPS) is 25.2. The smallest absolute Gasteiger partial charge is 0.214 e. The van der Waals surface area contributed by atoms with Gasteiger partial charge in [-0.15, -0.1) is 0 Å². The van der Waals surface area contributed by atoms with Gasteiger partial charge in [-0.05, 0) is 40.5 Å². The maximum absolute atomic E-state index is 10.2. The van der Waals surface area contributed by atoms with Gasteiger partial charge in [-0.25, -0.2) is 9.98 Å². The van der Waals surface area contributed by atoms with Crippen molar-refractivity contribution in [3.63, 3.8) is 0 Å². The van der Waals surface area contributed by atoms with Crippen LogP contribution in [-0.4, -0.2) is 57.7 Å². The largest absolute Gasteiger partial charge is 0.475 e. The van der Waals surface area contributed by atoms with E-state index in [-0.39, 0.29) is 22.9 Å². The first-order valence-electron chi connectivity index (χ1n) is 14.1. The Hall–Kier alpha value is -3.21. The van der Waals surface area contributed by atoms with E-state index >= 15 is 0 Å². The average molecular weight is 521 g/mol. The van der Waals surface area contributed by atoms with Gasteiger partial charge in [0.2, 0.25) is 18.0 Å². The van der Waals surface area contributed by atoms with Crippen LogP contribution in [0.1, 0.15) is 80.1 Å². The van der Waals surface area contributed by atoms with Gasteiger partial charge >= 0.3 is 0 Å². The molecule has 0 spiro atoms. The summed E-state index contributed by atoms with van der Waals surface area (Å²) >= 11 is 0. The van der Waals surface area contributed by atoms with E-state index < -0.39 is 0 Å². The molecule has 0 aromatic carbocycles. The van der Waals surface area contributed by atoms with E-state index in [2.05, 4.69) is 72.3 Å². The molecule has 0 aromatic rings. The lowest BCUT2D eigenvalue weighted by atomic mass is 9.92. The molecule has 4 aliphatic rings. The summed E-state index contributed by atoms with van der Waals surface area (Å²) in [6.45, 7) is 14.3. The van der Waals surface area contributed by atoms with E-state index in [9.17, 15) is 5.26 Å². The Bertz CT molecular complexity index is 1090. The summed E-state index contributed by atoms with van der Waals surface area (Å²) in [6.07, 6.45) is 21.5. The highest BCUT2D eigenvalue weighted by Gasteiger charge is 2.34. The van der Waals surface area contributed by atoms with Gasteiger partial charge < -0.3 is 14.4 Å². The zero-order valence-corrected chi connectivity index (χ0v) is 24.0. The van der Waals surface area contributed by atoms with Crippen LogP contribution in [0.3, 0.4) is 0 Å². The van der Waals surface area contributed by atoms with Crippen LogP contribution in [0.25, 0.3) is 0 Å². The van der Waals surface area contributed by atoms with E-state index in [1.807, 2.05) is 22.3 Å². The molecule has 206 valence electrons. The zero-order valence-electron chi connectivity index (χ0n) is 24.0. The minimum absolute atomic E-state index is 0.218. The molecule has 0 saturated carbocycles.